The molecule has 5 nitrogen and oxygen atoms in total. The van der Waals surface area contributed by atoms with Gasteiger partial charge in [-0.1, -0.05) is 15.9 Å². The molecular weight excluding hydrogens is 358 g/mol. The molecule has 21 heavy (non-hydrogen) atoms. The summed E-state index contributed by atoms with van der Waals surface area (Å²) in [6.07, 6.45) is 1.31. The second-order valence-electron chi connectivity index (χ2n) is 4.32. The van der Waals surface area contributed by atoms with E-state index in [0.29, 0.717) is 25.1 Å². The predicted molar refractivity (Wildman–Crippen MR) is 89.9 cm³/mol. The Kier molecular flexibility index (Phi) is 10.9. The van der Waals surface area contributed by atoms with Crippen molar-refractivity contribution in [2.75, 3.05) is 26.7 Å². The number of nitrogens with one attached hydrogen (secondary N) is 3. The van der Waals surface area contributed by atoms with Gasteiger partial charge in [0.1, 0.15) is 0 Å². The van der Waals surface area contributed by atoms with Gasteiger partial charge < -0.3 is 16.0 Å². The summed E-state index contributed by atoms with van der Waals surface area (Å²) in [5.74, 6) is -0.125. The van der Waals surface area contributed by atoms with E-state index in [2.05, 4.69) is 31.9 Å². The van der Waals surface area contributed by atoms with Crippen LogP contribution in [0.5, 0.6) is 0 Å². The van der Waals surface area contributed by atoms with Gasteiger partial charge in [-0.3, -0.25) is 9.59 Å². The van der Waals surface area contributed by atoms with Gasteiger partial charge in [-0.25, -0.2) is 0 Å². The zero-order valence-electron chi connectivity index (χ0n) is 11.9. The maximum Gasteiger partial charge on any atom is 0.251 e. The van der Waals surface area contributed by atoms with Crippen LogP contribution in [0, 0.1) is 0 Å². The molecule has 118 valence electrons. The first-order valence-electron chi connectivity index (χ1n) is 6.58. The molecular formula is C14H21BrClN3O2. The minimum Gasteiger partial charge on any atom is -0.354 e. The summed E-state index contributed by atoms with van der Waals surface area (Å²) in [4.78, 5) is 23.2. The van der Waals surface area contributed by atoms with Crippen LogP contribution < -0.4 is 16.0 Å². The molecule has 2 amide bonds. The topological polar surface area (TPSA) is 70.2 Å². The Morgan fingerprint density at radius 1 is 1.05 bits per heavy atom. The zero-order chi connectivity index (χ0) is 14.8. The van der Waals surface area contributed by atoms with E-state index in [9.17, 15) is 9.59 Å². The molecule has 0 saturated carbocycles. The van der Waals surface area contributed by atoms with Gasteiger partial charge in [0.2, 0.25) is 5.91 Å². The molecule has 0 spiro atoms. The highest BCUT2D eigenvalue weighted by atomic mass is 79.9. The van der Waals surface area contributed by atoms with E-state index >= 15 is 0 Å². The molecule has 7 heteroatoms. The molecule has 0 unspecified atom stereocenters. The summed E-state index contributed by atoms with van der Waals surface area (Å²) in [7, 11) is 1.86. The third-order valence-electron chi connectivity index (χ3n) is 2.67. The van der Waals surface area contributed by atoms with Gasteiger partial charge in [-0.15, -0.1) is 12.4 Å². The number of rotatable bonds is 8. The Morgan fingerprint density at radius 2 is 1.67 bits per heavy atom. The highest BCUT2D eigenvalue weighted by Crippen LogP contribution is 2.10. The van der Waals surface area contributed by atoms with Crippen LogP contribution in [0.1, 0.15) is 23.2 Å². The quantitative estimate of drug-likeness (QED) is 0.603. The minimum absolute atomic E-state index is 0. The van der Waals surface area contributed by atoms with E-state index in [1.54, 1.807) is 12.1 Å². The Balaban J connectivity index is 0.00000400. The second kappa shape index (κ2) is 11.5. The van der Waals surface area contributed by atoms with Crippen LogP contribution in [-0.4, -0.2) is 38.5 Å². The third-order valence-corrected chi connectivity index (χ3v) is 3.20. The van der Waals surface area contributed by atoms with Crippen molar-refractivity contribution in [2.24, 2.45) is 0 Å². The highest BCUT2D eigenvalue weighted by Gasteiger charge is 2.04. The van der Waals surface area contributed by atoms with Gasteiger partial charge in [0.15, 0.2) is 0 Å². The van der Waals surface area contributed by atoms with Crippen molar-refractivity contribution in [2.45, 2.75) is 12.8 Å². The second-order valence-corrected chi connectivity index (χ2v) is 5.24. The fraction of sp³-hybridized carbons (Fsp3) is 0.429. The molecule has 0 heterocycles. The summed E-state index contributed by atoms with van der Waals surface area (Å²) in [6.45, 7) is 1.70. The van der Waals surface area contributed by atoms with Crippen LogP contribution in [0.3, 0.4) is 0 Å². The van der Waals surface area contributed by atoms with Gasteiger partial charge >= 0.3 is 0 Å². The SMILES string of the molecule is CNCCCC(=O)NCCNC(=O)c1ccc(Br)cc1.Cl. The predicted octanol–water partition coefficient (Wildman–Crippen LogP) is 1.72. The Labute approximate surface area is 139 Å². The summed E-state index contributed by atoms with van der Waals surface area (Å²) >= 11 is 3.32. The summed E-state index contributed by atoms with van der Waals surface area (Å²) in [5.41, 5.74) is 0.605. The first-order valence-corrected chi connectivity index (χ1v) is 7.38. The summed E-state index contributed by atoms with van der Waals surface area (Å²) in [5, 5.41) is 8.52. The molecule has 0 radical (unpaired) electrons. The average molecular weight is 379 g/mol. The molecule has 1 aromatic carbocycles. The average Bonchev–Trinajstić information content (AvgIpc) is 2.44. The smallest absolute Gasteiger partial charge is 0.251 e. The maximum atomic E-state index is 11.8. The number of carbonyl (C=O) groups is 2. The Morgan fingerprint density at radius 3 is 2.29 bits per heavy atom. The van der Waals surface area contributed by atoms with E-state index in [0.717, 1.165) is 17.4 Å². The van der Waals surface area contributed by atoms with Crippen molar-refractivity contribution in [3.8, 4) is 0 Å². The van der Waals surface area contributed by atoms with Gasteiger partial charge in [0, 0.05) is 29.5 Å². The van der Waals surface area contributed by atoms with Crippen molar-refractivity contribution < 1.29 is 9.59 Å². The van der Waals surface area contributed by atoms with Gasteiger partial charge in [-0.05, 0) is 44.3 Å². The molecule has 3 N–H and O–H groups in total. The number of carbonyl (C=O) groups excluding carboxylic acids is 2. The van der Waals surface area contributed by atoms with Crippen LogP contribution in [0.2, 0.25) is 0 Å². The molecule has 0 aliphatic heterocycles. The molecule has 0 aliphatic carbocycles. The van der Waals surface area contributed by atoms with Crippen molar-refractivity contribution >= 4 is 40.2 Å². The van der Waals surface area contributed by atoms with Crippen LogP contribution in [0.4, 0.5) is 0 Å². The highest BCUT2D eigenvalue weighted by molar-refractivity contribution is 9.10. The van der Waals surface area contributed by atoms with Crippen LogP contribution >= 0.6 is 28.3 Å². The van der Waals surface area contributed by atoms with E-state index in [-0.39, 0.29) is 24.2 Å². The molecule has 0 saturated heterocycles. The van der Waals surface area contributed by atoms with E-state index in [1.165, 1.54) is 0 Å². The number of benzene rings is 1. The van der Waals surface area contributed by atoms with Crippen LogP contribution in [0.15, 0.2) is 28.7 Å². The minimum atomic E-state index is -0.137. The maximum absolute atomic E-state index is 11.8. The van der Waals surface area contributed by atoms with Crippen molar-refractivity contribution in [1.29, 1.82) is 0 Å². The normalized spacial score (nSPS) is 9.62. The lowest BCUT2D eigenvalue weighted by Gasteiger charge is -2.07. The van der Waals surface area contributed by atoms with E-state index in [4.69, 9.17) is 0 Å². The molecule has 0 bridgehead atoms. The monoisotopic (exact) mass is 377 g/mol. The van der Waals surface area contributed by atoms with Gasteiger partial charge in [-0.2, -0.15) is 0 Å². The number of amides is 2. The molecule has 1 aromatic rings. The summed E-state index contributed by atoms with van der Waals surface area (Å²) in [6, 6.07) is 7.13. The summed E-state index contributed by atoms with van der Waals surface area (Å²) < 4.78 is 0.933. The van der Waals surface area contributed by atoms with Gasteiger partial charge in [0.05, 0.1) is 0 Å². The van der Waals surface area contributed by atoms with Crippen molar-refractivity contribution in [3.05, 3.63) is 34.3 Å². The van der Waals surface area contributed by atoms with E-state index < -0.39 is 0 Å². The number of hydrogen-bond donors (Lipinski definition) is 3. The number of hydrogen-bond acceptors (Lipinski definition) is 3. The zero-order valence-corrected chi connectivity index (χ0v) is 14.4. The first kappa shape index (κ1) is 19.9. The Hall–Kier alpha value is -1.11. The standard InChI is InChI=1S/C14H20BrN3O2.ClH/c1-16-8-2-3-13(19)17-9-10-18-14(20)11-4-6-12(15)7-5-11;/h4-7,16H,2-3,8-10H2,1H3,(H,17,19)(H,18,20);1H. The molecule has 0 aromatic heterocycles. The first-order chi connectivity index (χ1) is 9.63. The Bertz CT molecular complexity index is 440. The van der Waals surface area contributed by atoms with Crippen molar-refractivity contribution in [1.82, 2.24) is 16.0 Å². The van der Waals surface area contributed by atoms with Gasteiger partial charge in [0.25, 0.3) is 5.91 Å². The van der Waals surface area contributed by atoms with Crippen LogP contribution in [0.25, 0.3) is 0 Å². The third kappa shape index (κ3) is 8.70. The molecule has 0 aliphatic rings. The fourth-order valence-corrected chi connectivity index (χ4v) is 1.86. The molecule has 1 rings (SSSR count). The van der Waals surface area contributed by atoms with E-state index in [1.807, 2.05) is 19.2 Å². The lowest BCUT2D eigenvalue weighted by Crippen LogP contribution is -2.34. The molecule has 0 fully saturated rings. The largest absolute Gasteiger partial charge is 0.354 e. The van der Waals surface area contributed by atoms with Crippen LogP contribution in [-0.2, 0) is 4.79 Å². The lowest BCUT2D eigenvalue weighted by molar-refractivity contribution is -0.121. The fourth-order valence-electron chi connectivity index (χ4n) is 1.60. The molecule has 0 atom stereocenters. The lowest BCUT2D eigenvalue weighted by atomic mass is 10.2. The van der Waals surface area contributed by atoms with Crippen molar-refractivity contribution in [3.63, 3.8) is 0 Å². The number of halogens is 2.